The molecule has 1 aromatic carbocycles. The van der Waals surface area contributed by atoms with Crippen molar-refractivity contribution in [3.8, 4) is 0 Å². The molecule has 100 valence electrons. The molecule has 0 aliphatic carbocycles. The van der Waals surface area contributed by atoms with E-state index in [0.29, 0.717) is 12.4 Å². The fraction of sp³-hybridized carbons (Fsp3) is 0.385. The van der Waals surface area contributed by atoms with Crippen LogP contribution in [0.25, 0.3) is 0 Å². The number of likely N-dealkylation sites (N-methyl/N-ethyl adjacent to an activating group) is 1. The second kappa shape index (κ2) is 5.60. The van der Waals surface area contributed by atoms with Crippen molar-refractivity contribution in [2.45, 2.75) is 20.3 Å². The number of hydrogen-bond acceptors (Lipinski definition) is 4. The summed E-state index contributed by atoms with van der Waals surface area (Å²) in [7, 11) is 1.73. The molecule has 1 aromatic heterocycles. The van der Waals surface area contributed by atoms with Crippen LogP contribution < -0.4 is 4.90 Å². The summed E-state index contributed by atoms with van der Waals surface area (Å²) in [5.74, 6) is 0.558. The first-order chi connectivity index (χ1) is 9.11. The van der Waals surface area contributed by atoms with Crippen LogP contribution in [0.1, 0.15) is 18.3 Å². The van der Waals surface area contributed by atoms with Crippen LogP contribution in [-0.2, 0) is 18.3 Å². The van der Waals surface area contributed by atoms with Gasteiger partial charge in [0.2, 0.25) is 5.91 Å². The minimum atomic E-state index is -0.00833. The zero-order valence-electron chi connectivity index (χ0n) is 11.4. The van der Waals surface area contributed by atoms with Gasteiger partial charge in [0.15, 0.2) is 5.82 Å². The van der Waals surface area contributed by atoms with E-state index in [4.69, 9.17) is 0 Å². The number of aromatic nitrogens is 4. The highest BCUT2D eigenvalue weighted by molar-refractivity contribution is 5.94. The van der Waals surface area contributed by atoms with Crippen molar-refractivity contribution in [3.63, 3.8) is 0 Å². The van der Waals surface area contributed by atoms with Gasteiger partial charge in [0.1, 0.15) is 0 Å². The smallest absolute Gasteiger partial charge is 0.234 e. The molecule has 0 aliphatic heterocycles. The highest BCUT2D eigenvalue weighted by atomic mass is 16.2. The Labute approximate surface area is 112 Å². The van der Waals surface area contributed by atoms with E-state index in [0.717, 1.165) is 11.3 Å². The topological polar surface area (TPSA) is 63.9 Å². The lowest BCUT2D eigenvalue weighted by Gasteiger charge is -2.21. The number of aryl methyl sites for hydroxylation is 2. The predicted molar refractivity (Wildman–Crippen MR) is 71.7 cm³/mol. The SMILES string of the molecule is CCN(C(=O)Cc1nnnn1C)c1cccc(C)c1. The van der Waals surface area contributed by atoms with Crippen LogP contribution in [0.5, 0.6) is 0 Å². The molecule has 0 saturated heterocycles. The van der Waals surface area contributed by atoms with Crippen molar-refractivity contribution >= 4 is 11.6 Å². The quantitative estimate of drug-likeness (QED) is 0.825. The molecule has 0 radical (unpaired) electrons. The van der Waals surface area contributed by atoms with Crippen molar-refractivity contribution in [1.29, 1.82) is 0 Å². The number of anilines is 1. The van der Waals surface area contributed by atoms with Gasteiger partial charge in [-0.25, -0.2) is 4.68 Å². The maximum atomic E-state index is 12.3. The van der Waals surface area contributed by atoms with Gasteiger partial charge in [-0.05, 0) is 42.0 Å². The molecule has 6 heteroatoms. The normalized spacial score (nSPS) is 10.5. The fourth-order valence-corrected chi connectivity index (χ4v) is 1.93. The molecule has 1 amide bonds. The van der Waals surface area contributed by atoms with E-state index in [1.165, 1.54) is 4.68 Å². The zero-order valence-corrected chi connectivity index (χ0v) is 11.4. The summed E-state index contributed by atoms with van der Waals surface area (Å²) in [5, 5.41) is 11.1. The second-order valence-electron chi connectivity index (χ2n) is 4.37. The first kappa shape index (κ1) is 13.2. The third-order valence-corrected chi connectivity index (χ3v) is 2.95. The summed E-state index contributed by atoms with van der Waals surface area (Å²) in [5.41, 5.74) is 2.03. The molecule has 0 N–H and O–H groups in total. The maximum Gasteiger partial charge on any atom is 0.234 e. The van der Waals surface area contributed by atoms with Crippen molar-refractivity contribution < 1.29 is 4.79 Å². The molecule has 1 heterocycles. The Morgan fingerprint density at radius 1 is 1.42 bits per heavy atom. The summed E-state index contributed by atoms with van der Waals surface area (Å²) in [6, 6.07) is 7.89. The molecule has 0 atom stereocenters. The first-order valence-corrected chi connectivity index (χ1v) is 6.20. The van der Waals surface area contributed by atoms with Gasteiger partial charge in [-0.2, -0.15) is 0 Å². The van der Waals surface area contributed by atoms with E-state index in [-0.39, 0.29) is 12.3 Å². The molecular formula is C13H17N5O. The van der Waals surface area contributed by atoms with E-state index < -0.39 is 0 Å². The lowest BCUT2D eigenvalue weighted by atomic mass is 10.2. The molecule has 0 saturated carbocycles. The lowest BCUT2D eigenvalue weighted by molar-refractivity contribution is -0.118. The molecule has 0 unspecified atom stereocenters. The lowest BCUT2D eigenvalue weighted by Crippen LogP contribution is -2.32. The standard InChI is InChI=1S/C13H17N5O/c1-4-18(11-7-5-6-10(2)8-11)13(19)9-12-14-15-16-17(12)3/h5-8H,4,9H2,1-3H3. The van der Waals surface area contributed by atoms with Crippen molar-refractivity contribution in [2.24, 2.45) is 7.05 Å². The minimum Gasteiger partial charge on any atom is -0.312 e. The summed E-state index contributed by atoms with van der Waals surface area (Å²) in [4.78, 5) is 14.1. The van der Waals surface area contributed by atoms with Gasteiger partial charge in [0.25, 0.3) is 0 Å². The van der Waals surface area contributed by atoms with Crippen molar-refractivity contribution in [2.75, 3.05) is 11.4 Å². The summed E-state index contributed by atoms with van der Waals surface area (Å²) < 4.78 is 1.52. The summed E-state index contributed by atoms with van der Waals surface area (Å²) >= 11 is 0. The van der Waals surface area contributed by atoms with E-state index >= 15 is 0 Å². The molecule has 0 spiro atoms. The van der Waals surface area contributed by atoms with Crippen molar-refractivity contribution in [1.82, 2.24) is 20.2 Å². The number of benzene rings is 1. The third kappa shape index (κ3) is 2.96. The largest absolute Gasteiger partial charge is 0.312 e. The van der Waals surface area contributed by atoms with Gasteiger partial charge >= 0.3 is 0 Å². The van der Waals surface area contributed by atoms with E-state index in [9.17, 15) is 4.79 Å². The van der Waals surface area contributed by atoms with Crippen molar-refractivity contribution in [3.05, 3.63) is 35.7 Å². The van der Waals surface area contributed by atoms with Gasteiger partial charge < -0.3 is 4.90 Å². The van der Waals surface area contributed by atoms with Gasteiger partial charge in [0, 0.05) is 19.3 Å². The molecule has 19 heavy (non-hydrogen) atoms. The summed E-state index contributed by atoms with van der Waals surface area (Å²) in [6.07, 6.45) is 0.200. The number of amides is 1. The minimum absolute atomic E-state index is 0.00833. The van der Waals surface area contributed by atoms with Gasteiger partial charge in [-0.15, -0.1) is 5.10 Å². The Morgan fingerprint density at radius 3 is 2.79 bits per heavy atom. The average Bonchev–Trinajstić information content (AvgIpc) is 2.76. The molecule has 0 fully saturated rings. The highest BCUT2D eigenvalue weighted by Gasteiger charge is 2.17. The van der Waals surface area contributed by atoms with Crippen LogP contribution in [0.15, 0.2) is 24.3 Å². The Morgan fingerprint density at radius 2 is 2.21 bits per heavy atom. The van der Waals surface area contributed by atoms with Crippen LogP contribution in [0.2, 0.25) is 0 Å². The van der Waals surface area contributed by atoms with E-state index in [1.807, 2.05) is 38.1 Å². The third-order valence-electron chi connectivity index (χ3n) is 2.95. The van der Waals surface area contributed by atoms with Crippen LogP contribution in [0.3, 0.4) is 0 Å². The Hall–Kier alpha value is -2.24. The molecule has 6 nitrogen and oxygen atoms in total. The number of carbonyl (C=O) groups excluding carboxylic acids is 1. The Balaban J connectivity index is 2.18. The number of carbonyl (C=O) groups is 1. The van der Waals surface area contributed by atoms with Crippen LogP contribution in [0.4, 0.5) is 5.69 Å². The molecular weight excluding hydrogens is 242 g/mol. The van der Waals surface area contributed by atoms with E-state index in [1.54, 1.807) is 11.9 Å². The average molecular weight is 259 g/mol. The number of rotatable bonds is 4. The molecule has 0 bridgehead atoms. The van der Waals surface area contributed by atoms with E-state index in [2.05, 4.69) is 15.5 Å². The second-order valence-corrected chi connectivity index (χ2v) is 4.37. The monoisotopic (exact) mass is 259 g/mol. The number of nitrogens with zero attached hydrogens (tertiary/aromatic N) is 5. The summed E-state index contributed by atoms with van der Waals surface area (Å²) in [6.45, 7) is 4.58. The zero-order chi connectivity index (χ0) is 13.8. The van der Waals surface area contributed by atoms with Gasteiger partial charge in [0.05, 0.1) is 6.42 Å². The molecule has 2 rings (SSSR count). The highest BCUT2D eigenvalue weighted by Crippen LogP contribution is 2.16. The van der Waals surface area contributed by atoms with Gasteiger partial charge in [-0.1, -0.05) is 12.1 Å². The fourth-order valence-electron chi connectivity index (χ4n) is 1.93. The maximum absolute atomic E-state index is 12.3. The number of hydrogen-bond donors (Lipinski definition) is 0. The van der Waals surface area contributed by atoms with Crippen LogP contribution in [0, 0.1) is 6.92 Å². The Bertz CT molecular complexity index is 578. The predicted octanol–water partition coefficient (Wildman–Crippen LogP) is 1.11. The number of tetrazole rings is 1. The molecule has 2 aromatic rings. The van der Waals surface area contributed by atoms with Crippen LogP contribution >= 0.6 is 0 Å². The first-order valence-electron chi connectivity index (χ1n) is 6.20. The molecule has 0 aliphatic rings. The Kier molecular flexibility index (Phi) is 3.89. The van der Waals surface area contributed by atoms with Crippen LogP contribution in [-0.4, -0.2) is 32.7 Å². The van der Waals surface area contributed by atoms with Gasteiger partial charge in [-0.3, -0.25) is 4.79 Å².